The van der Waals surface area contributed by atoms with Crippen molar-refractivity contribution in [1.82, 2.24) is 4.42 Å². The van der Waals surface area contributed by atoms with E-state index in [1.807, 2.05) is 12.3 Å². The maximum Gasteiger partial charge on any atom is 0.0528 e. The third-order valence-corrected chi connectivity index (χ3v) is 1.34. The van der Waals surface area contributed by atoms with Gasteiger partial charge in [-0.1, -0.05) is 11.6 Å². The molecule has 0 atom stereocenters. The molecule has 0 aromatic heterocycles. The Morgan fingerprint density at radius 3 is 2.88 bits per heavy atom. The molecule has 0 N–H and O–H groups in total. The molecule has 0 spiro atoms. The minimum atomic E-state index is 0.823. The van der Waals surface area contributed by atoms with Gasteiger partial charge in [-0.3, -0.25) is 4.42 Å². The number of halogens is 1. The third kappa shape index (κ3) is 1.27. The highest BCUT2D eigenvalue weighted by Gasteiger charge is 1.94. The first-order valence-corrected chi connectivity index (χ1v) is 2.90. The van der Waals surface area contributed by atoms with Crippen LogP contribution < -0.4 is 0 Å². The van der Waals surface area contributed by atoms with Crippen LogP contribution in [0.5, 0.6) is 0 Å². The van der Waals surface area contributed by atoms with Gasteiger partial charge in [-0.05, 0) is 13.0 Å². The van der Waals surface area contributed by atoms with Crippen LogP contribution >= 0.6 is 11.8 Å². The molecular formula is C6H8ClN. The van der Waals surface area contributed by atoms with Crippen LogP contribution in [0.1, 0.15) is 6.92 Å². The molecule has 2 heteroatoms. The van der Waals surface area contributed by atoms with E-state index < -0.39 is 0 Å². The van der Waals surface area contributed by atoms with Gasteiger partial charge in [-0.25, -0.2) is 0 Å². The van der Waals surface area contributed by atoms with Crippen LogP contribution in [0.4, 0.5) is 0 Å². The van der Waals surface area contributed by atoms with E-state index in [9.17, 15) is 0 Å². The largest absolute Gasteiger partial charge is 0.289 e. The summed E-state index contributed by atoms with van der Waals surface area (Å²) in [6, 6.07) is 0. The molecule has 0 saturated heterocycles. The summed E-state index contributed by atoms with van der Waals surface area (Å²) in [6.07, 6.45) is 5.92. The molecule has 0 aromatic carbocycles. The molecule has 0 aliphatic carbocycles. The summed E-state index contributed by atoms with van der Waals surface area (Å²) in [5.74, 6) is 0. The Morgan fingerprint density at radius 1 is 1.75 bits per heavy atom. The van der Waals surface area contributed by atoms with Gasteiger partial charge in [0.15, 0.2) is 0 Å². The standard InChI is InChI=1S/C6H8ClN/c1-6-2-4-8(7)5-3-6/h2-4H,5H2,1H3. The molecule has 0 fully saturated rings. The summed E-state index contributed by atoms with van der Waals surface area (Å²) in [4.78, 5) is 0. The van der Waals surface area contributed by atoms with Gasteiger partial charge in [0.25, 0.3) is 0 Å². The van der Waals surface area contributed by atoms with Crippen molar-refractivity contribution >= 4 is 11.8 Å². The normalized spacial score (nSPS) is 18.8. The molecule has 1 rings (SSSR count). The summed E-state index contributed by atoms with van der Waals surface area (Å²) in [5.41, 5.74) is 1.28. The number of rotatable bonds is 0. The Balaban J connectivity index is 2.58. The van der Waals surface area contributed by atoms with E-state index in [1.54, 1.807) is 4.42 Å². The van der Waals surface area contributed by atoms with Crippen LogP contribution in [0.3, 0.4) is 0 Å². The molecule has 8 heavy (non-hydrogen) atoms. The lowest BCUT2D eigenvalue weighted by molar-refractivity contribution is 0.665. The Morgan fingerprint density at radius 2 is 2.50 bits per heavy atom. The second kappa shape index (κ2) is 2.23. The molecule has 44 valence electrons. The van der Waals surface area contributed by atoms with E-state index in [0.717, 1.165) is 6.54 Å². The van der Waals surface area contributed by atoms with Gasteiger partial charge in [-0.2, -0.15) is 0 Å². The molecule has 0 radical (unpaired) electrons. The maximum absolute atomic E-state index is 5.58. The van der Waals surface area contributed by atoms with Crippen LogP contribution in [0.2, 0.25) is 0 Å². The highest BCUT2D eigenvalue weighted by atomic mass is 35.5. The lowest BCUT2D eigenvalue weighted by atomic mass is 10.2. The van der Waals surface area contributed by atoms with Gasteiger partial charge >= 0.3 is 0 Å². The highest BCUT2D eigenvalue weighted by Crippen LogP contribution is 2.06. The van der Waals surface area contributed by atoms with E-state index in [1.165, 1.54) is 5.57 Å². The molecule has 0 aromatic rings. The van der Waals surface area contributed by atoms with Crippen molar-refractivity contribution in [3.05, 3.63) is 23.9 Å². The summed E-state index contributed by atoms with van der Waals surface area (Å²) in [5, 5.41) is 0. The van der Waals surface area contributed by atoms with Gasteiger partial charge in [0.05, 0.1) is 6.54 Å². The first kappa shape index (κ1) is 5.70. The molecule has 0 saturated carbocycles. The first-order valence-electron chi connectivity index (χ1n) is 2.56. The number of allylic oxidation sites excluding steroid dienone is 2. The molecule has 0 unspecified atom stereocenters. The molecular weight excluding hydrogens is 122 g/mol. The first-order chi connectivity index (χ1) is 3.79. The Labute approximate surface area is 54.4 Å². The maximum atomic E-state index is 5.58. The monoisotopic (exact) mass is 129 g/mol. The van der Waals surface area contributed by atoms with Crippen molar-refractivity contribution in [2.75, 3.05) is 6.54 Å². The SMILES string of the molecule is CC1=CCN(Cl)C=C1. The summed E-state index contributed by atoms with van der Waals surface area (Å²) in [6.45, 7) is 2.88. The van der Waals surface area contributed by atoms with E-state index in [2.05, 4.69) is 13.0 Å². The fraction of sp³-hybridized carbons (Fsp3) is 0.333. The number of hydrogen-bond acceptors (Lipinski definition) is 1. The van der Waals surface area contributed by atoms with E-state index >= 15 is 0 Å². The van der Waals surface area contributed by atoms with Crippen LogP contribution in [0.25, 0.3) is 0 Å². The molecule has 0 bridgehead atoms. The second-order valence-corrected chi connectivity index (χ2v) is 2.28. The Bertz CT molecular complexity index is 137. The zero-order valence-corrected chi connectivity index (χ0v) is 5.52. The predicted molar refractivity (Wildman–Crippen MR) is 35.5 cm³/mol. The fourth-order valence-corrected chi connectivity index (χ4v) is 0.684. The third-order valence-electron chi connectivity index (χ3n) is 1.09. The quantitative estimate of drug-likeness (QED) is 0.452. The van der Waals surface area contributed by atoms with Crippen molar-refractivity contribution in [1.29, 1.82) is 0 Å². The molecule has 1 heterocycles. The average molecular weight is 130 g/mol. The van der Waals surface area contributed by atoms with Crippen molar-refractivity contribution < 1.29 is 0 Å². The Kier molecular flexibility index (Phi) is 1.59. The zero-order valence-electron chi connectivity index (χ0n) is 4.76. The molecule has 1 aliphatic rings. The topological polar surface area (TPSA) is 3.24 Å². The van der Waals surface area contributed by atoms with Gasteiger partial charge < -0.3 is 0 Å². The highest BCUT2D eigenvalue weighted by molar-refractivity contribution is 6.14. The van der Waals surface area contributed by atoms with Crippen molar-refractivity contribution in [3.8, 4) is 0 Å². The van der Waals surface area contributed by atoms with E-state index in [-0.39, 0.29) is 0 Å². The lowest BCUT2D eigenvalue weighted by Gasteiger charge is -2.10. The van der Waals surface area contributed by atoms with Gasteiger partial charge in [0.2, 0.25) is 0 Å². The predicted octanol–water partition coefficient (Wildman–Crippen LogP) is 1.92. The summed E-state index contributed by atoms with van der Waals surface area (Å²) < 4.78 is 1.62. The second-order valence-electron chi connectivity index (χ2n) is 1.85. The van der Waals surface area contributed by atoms with Gasteiger partial charge in [-0.15, -0.1) is 0 Å². The van der Waals surface area contributed by atoms with Crippen molar-refractivity contribution in [3.63, 3.8) is 0 Å². The smallest absolute Gasteiger partial charge is 0.0528 e. The van der Waals surface area contributed by atoms with E-state index in [0.29, 0.717) is 0 Å². The molecule has 1 nitrogen and oxygen atoms in total. The minimum absolute atomic E-state index is 0.823. The van der Waals surface area contributed by atoms with Gasteiger partial charge in [0, 0.05) is 18.0 Å². The number of hydrogen-bond donors (Lipinski definition) is 0. The van der Waals surface area contributed by atoms with Gasteiger partial charge in [0.1, 0.15) is 0 Å². The lowest BCUT2D eigenvalue weighted by Crippen LogP contribution is -2.06. The molecule has 0 amide bonds. The van der Waals surface area contributed by atoms with E-state index in [4.69, 9.17) is 11.8 Å². The van der Waals surface area contributed by atoms with Crippen LogP contribution in [0, 0.1) is 0 Å². The van der Waals surface area contributed by atoms with Crippen LogP contribution in [0.15, 0.2) is 23.9 Å². The Hall–Kier alpha value is -0.430. The summed E-state index contributed by atoms with van der Waals surface area (Å²) >= 11 is 5.58. The van der Waals surface area contributed by atoms with Crippen molar-refractivity contribution in [2.24, 2.45) is 0 Å². The fourth-order valence-electron chi connectivity index (χ4n) is 0.559. The minimum Gasteiger partial charge on any atom is -0.289 e. The zero-order chi connectivity index (χ0) is 5.98. The van der Waals surface area contributed by atoms with Crippen LogP contribution in [-0.2, 0) is 0 Å². The van der Waals surface area contributed by atoms with Crippen LogP contribution in [-0.4, -0.2) is 11.0 Å². The van der Waals surface area contributed by atoms with Crippen molar-refractivity contribution in [2.45, 2.75) is 6.92 Å². The number of nitrogens with zero attached hydrogens (tertiary/aromatic N) is 1. The molecule has 1 aliphatic heterocycles. The summed E-state index contributed by atoms with van der Waals surface area (Å²) in [7, 11) is 0. The average Bonchev–Trinajstić information content (AvgIpc) is 1.77.